The molecule has 1 heterocycles. The number of aromatic nitrogens is 1. The van der Waals surface area contributed by atoms with E-state index in [2.05, 4.69) is 20.8 Å². The topological polar surface area (TPSA) is 38.9 Å². The molecule has 11 heavy (non-hydrogen) atoms. The van der Waals surface area contributed by atoms with E-state index in [-0.39, 0.29) is 0 Å². The van der Waals surface area contributed by atoms with Crippen LogP contribution in [0, 0.1) is 0 Å². The van der Waals surface area contributed by atoms with E-state index in [9.17, 15) is 0 Å². The van der Waals surface area contributed by atoms with Gasteiger partial charge in [-0.05, 0) is 6.08 Å². The first kappa shape index (κ1) is 8.78. The molecule has 0 amide bonds. The van der Waals surface area contributed by atoms with Crippen molar-refractivity contribution >= 4 is 48.6 Å². The van der Waals surface area contributed by atoms with Gasteiger partial charge in [-0.3, -0.25) is 0 Å². The van der Waals surface area contributed by atoms with Gasteiger partial charge in [-0.25, -0.2) is 4.98 Å². The molecule has 0 saturated carbocycles. The normalized spacial score (nSPS) is 9.55. The summed E-state index contributed by atoms with van der Waals surface area (Å²) in [6.45, 7) is 3.61. The quantitative estimate of drug-likeness (QED) is 0.572. The maximum atomic E-state index is 5.45. The van der Waals surface area contributed by atoms with Crippen LogP contribution in [0.5, 0.6) is 0 Å². The summed E-state index contributed by atoms with van der Waals surface area (Å²) in [6.07, 6.45) is 1.65. The van der Waals surface area contributed by atoms with Crippen molar-refractivity contribution in [3.8, 4) is 0 Å². The molecular formula is C6H7N2PS2. The molecule has 0 aromatic carbocycles. The van der Waals surface area contributed by atoms with E-state index < -0.39 is 0 Å². The second kappa shape index (κ2) is 3.39. The molecular weight excluding hydrogens is 195 g/mol. The lowest BCUT2D eigenvalue weighted by Gasteiger charge is -1.90. The van der Waals surface area contributed by atoms with Crippen LogP contribution < -0.4 is 10.5 Å². The highest BCUT2D eigenvalue weighted by molar-refractivity contribution is 7.81. The van der Waals surface area contributed by atoms with Crippen molar-refractivity contribution in [2.24, 2.45) is 5.73 Å². The van der Waals surface area contributed by atoms with Crippen molar-refractivity contribution in [3.63, 3.8) is 0 Å². The molecule has 1 atom stereocenters. The summed E-state index contributed by atoms with van der Waals surface area (Å²) in [5, 5.41) is 0. The van der Waals surface area contributed by atoms with Gasteiger partial charge in [-0.15, -0.1) is 11.3 Å². The average Bonchev–Trinajstić information content (AvgIpc) is 2.30. The predicted molar refractivity (Wildman–Crippen MR) is 57.4 cm³/mol. The monoisotopic (exact) mass is 202 g/mol. The summed E-state index contributed by atoms with van der Waals surface area (Å²) < 4.78 is 0.878. The molecule has 58 valence electrons. The van der Waals surface area contributed by atoms with Gasteiger partial charge in [0.25, 0.3) is 0 Å². The van der Waals surface area contributed by atoms with Crippen LogP contribution in [0.1, 0.15) is 10.6 Å². The number of nitrogens with zero attached hydrogens (tertiary/aromatic N) is 1. The summed E-state index contributed by atoms with van der Waals surface area (Å²) in [4.78, 5) is 5.36. The van der Waals surface area contributed by atoms with Crippen LogP contribution in [0.2, 0.25) is 0 Å². The van der Waals surface area contributed by atoms with Crippen LogP contribution in [0.25, 0.3) is 6.08 Å². The van der Waals surface area contributed by atoms with Crippen LogP contribution in [0.15, 0.2) is 6.58 Å². The van der Waals surface area contributed by atoms with Crippen LogP contribution in [0.4, 0.5) is 0 Å². The van der Waals surface area contributed by atoms with E-state index in [1.54, 1.807) is 6.08 Å². The van der Waals surface area contributed by atoms with Crippen molar-refractivity contribution in [3.05, 3.63) is 17.2 Å². The standard InChI is InChI=1S/C6H7N2PS2/c1-2-3-4(5(7)10)11-6(9)8-3/h2H,1,9H2,(H2,7,10). The summed E-state index contributed by atoms with van der Waals surface area (Å²) in [6, 6.07) is 0. The third-order valence-corrected chi connectivity index (χ3v) is 2.84. The molecule has 1 aromatic rings. The molecule has 0 aliphatic rings. The molecule has 0 aliphatic heterocycles. The van der Waals surface area contributed by atoms with Crippen LogP contribution in [0.3, 0.4) is 0 Å². The molecule has 5 heteroatoms. The van der Waals surface area contributed by atoms with Crippen molar-refractivity contribution in [2.45, 2.75) is 0 Å². The zero-order valence-electron chi connectivity index (χ0n) is 5.70. The summed E-state index contributed by atoms with van der Waals surface area (Å²) in [5.41, 5.74) is 6.22. The van der Waals surface area contributed by atoms with E-state index >= 15 is 0 Å². The highest BCUT2D eigenvalue weighted by Gasteiger charge is 2.07. The lowest BCUT2D eigenvalue weighted by atomic mass is 10.3. The van der Waals surface area contributed by atoms with Gasteiger partial charge < -0.3 is 5.73 Å². The Morgan fingerprint density at radius 2 is 2.45 bits per heavy atom. The third kappa shape index (κ3) is 1.83. The van der Waals surface area contributed by atoms with Crippen LogP contribution in [-0.2, 0) is 0 Å². The highest BCUT2D eigenvalue weighted by atomic mass is 32.1. The van der Waals surface area contributed by atoms with E-state index in [1.165, 1.54) is 11.3 Å². The summed E-state index contributed by atoms with van der Waals surface area (Å²) in [5.74, 6) is 0. The van der Waals surface area contributed by atoms with Gasteiger partial charge >= 0.3 is 0 Å². The summed E-state index contributed by atoms with van der Waals surface area (Å²) in [7, 11) is 2.50. The van der Waals surface area contributed by atoms with E-state index in [4.69, 9.17) is 18.0 Å². The minimum Gasteiger partial charge on any atom is -0.389 e. The zero-order valence-corrected chi connectivity index (χ0v) is 8.49. The van der Waals surface area contributed by atoms with Crippen molar-refractivity contribution in [1.82, 2.24) is 4.98 Å². The van der Waals surface area contributed by atoms with E-state index in [1.807, 2.05) is 0 Å². The first-order valence-electron chi connectivity index (χ1n) is 2.83. The Labute approximate surface area is 76.7 Å². The van der Waals surface area contributed by atoms with Gasteiger partial charge in [0.2, 0.25) is 0 Å². The Hall–Kier alpha value is -0.310. The third-order valence-electron chi connectivity index (χ3n) is 1.09. The number of thiazole rings is 1. The lowest BCUT2D eigenvalue weighted by Crippen LogP contribution is -2.08. The number of thiocarbonyl (C=S) groups is 1. The molecule has 0 radical (unpaired) electrons. The second-order valence-corrected chi connectivity index (χ2v) is 4.27. The van der Waals surface area contributed by atoms with E-state index in [0.717, 1.165) is 15.3 Å². The summed E-state index contributed by atoms with van der Waals surface area (Å²) >= 11 is 6.28. The number of rotatable bonds is 2. The Balaban J connectivity index is 3.22. The SMILES string of the molecule is C=Cc1nc(P)sc1C(N)=S. The van der Waals surface area contributed by atoms with Gasteiger partial charge in [0, 0.05) is 0 Å². The molecule has 1 unspecified atom stereocenters. The van der Waals surface area contributed by atoms with E-state index in [0.29, 0.717) is 4.99 Å². The highest BCUT2D eigenvalue weighted by Crippen LogP contribution is 2.14. The van der Waals surface area contributed by atoms with Crippen molar-refractivity contribution in [2.75, 3.05) is 0 Å². The van der Waals surface area contributed by atoms with Gasteiger partial charge in [-0.1, -0.05) is 28.0 Å². The predicted octanol–water partition coefficient (Wildman–Crippen LogP) is 0.921. The molecule has 2 nitrogen and oxygen atoms in total. The van der Waals surface area contributed by atoms with Crippen molar-refractivity contribution in [1.29, 1.82) is 0 Å². The smallest absolute Gasteiger partial charge is 0.116 e. The molecule has 1 aromatic heterocycles. The molecule has 1 rings (SSSR count). The maximum Gasteiger partial charge on any atom is 0.116 e. The van der Waals surface area contributed by atoms with Gasteiger partial charge in [0.05, 0.1) is 10.6 Å². The molecule has 0 spiro atoms. The first-order chi connectivity index (χ1) is 5.15. The zero-order chi connectivity index (χ0) is 8.43. The Morgan fingerprint density at radius 3 is 2.82 bits per heavy atom. The fourth-order valence-corrected chi connectivity index (χ4v) is 2.07. The molecule has 0 fully saturated rings. The molecule has 0 aliphatic carbocycles. The van der Waals surface area contributed by atoms with Crippen molar-refractivity contribution < 1.29 is 0 Å². The van der Waals surface area contributed by atoms with Gasteiger partial charge in [0.1, 0.15) is 9.74 Å². The van der Waals surface area contributed by atoms with Crippen LogP contribution >= 0.6 is 32.8 Å². The average molecular weight is 202 g/mol. The number of nitrogens with two attached hydrogens (primary N) is 1. The fraction of sp³-hybridized carbons (Fsp3) is 0. The Kier molecular flexibility index (Phi) is 2.71. The number of hydrogen-bond acceptors (Lipinski definition) is 3. The van der Waals surface area contributed by atoms with Crippen LogP contribution in [-0.4, -0.2) is 9.97 Å². The first-order valence-corrected chi connectivity index (χ1v) is 4.64. The second-order valence-electron chi connectivity index (χ2n) is 1.83. The lowest BCUT2D eigenvalue weighted by molar-refractivity contribution is 1.42. The largest absolute Gasteiger partial charge is 0.389 e. The Morgan fingerprint density at radius 1 is 1.82 bits per heavy atom. The Bertz CT molecular complexity index is 306. The minimum absolute atomic E-state index is 0.381. The molecule has 0 saturated heterocycles. The maximum absolute atomic E-state index is 5.45. The van der Waals surface area contributed by atoms with Gasteiger partial charge in [0.15, 0.2) is 0 Å². The molecule has 2 N–H and O–H groups in total. The molecule has 0 bridgehead atoms. The van der Waals surface area contributed by atoms with Gasteiger partial charge in [-0.2, -0.15) is 0 Å². The minimum atomic E-state index is 0.381. The fourth-order valence-electron chi connectivity index (χ4n) is 0.664. The number of hydrogen-bond donors (Lipinski definition) is 1.